The van der Waals surface area contributed by atoms with Crippen LogP contribution in [-0.4, -0.2) is 66.6 Å². The lowest BCUT2D eigenvalue weighted by Gasteiger charge is -2.25. The highest BCUT2D eigenvalue weighted by molar-refractivity contribution is 5.80. The van der Waals surface area contributed by atoms with E-state index >= 15 is 0 Å². The molecule has 134 valence electrons. The van der Waals surface area contributed by atoms with Crippen molar-refractivity contribution in [1.29, 1.82) is 0 Å². The highest BCUT2D eigenvalue weighted by atomic mass is 16.5. The van der Waals surface area contributed by atoms with Gasteiger partial charge >= 0.3 is 0 Å². The molecule has 1 unspecified atom stereocenters. The monoisotopic (exact) mass is 341 g/mol. The van der Waals surface area contributed by atoms with Crippen LogP contribution in [0.1, 0.15) is 18.4 Å². The van der Waals surface area contributed by atoms with Crippen molar-refractivity contribution in [3.8, 4) is 0 Å². The van der Waals surface area contributed by atoms with Gasteiger partial charge in [-0.2, -0.15) is 0 Å². The molecule has 5 nitrogen and oxygen atoms in total. The second-order valence-electron chi connectivity index (χ2n) is 7.37. The normalized spacial score (nSPS) is 22.4. The smallest absolute Gasteiger partial charge is 0.236 e. The van der Waals surface area contributed by atoms with E-state index in [1.54, 1.807) is 0 Å². The van der Waals surface area contributed by atoms with E-state index in [0.717, 1.165) is 58.7 Å². The molecule has 4 rings (SSSR count). The van der Waals surface area contributed by atoms with Gasteiger partial charge in [-0.15, -0.1) is 0 Å². The third kappa shape index (κ3) is 4.05. The summed E-state index contributed by atoms with van der Waals surface area (Å²) in [5.74, 6) is 0.720. The summed E-state index contributed by atoms with van der Waals surface area (Å²) in [5.41, 5.74) is 2.52. The summed E-state index contributed by atoms with van der Waals surface area (Å²) in [6.07, 6.45) is 5.28. The zero-order valence-electron chi connectivity index (χ0n) is 14.7. The minimum atomic E-state index is 0.284. The van der Waals surface area contributed by atoms with Crippen LogP contribution in [0.15, 0.2) is 30.5 Å². The molecule has 3 heterocycles. The zero-order valence-corrected chi connectivity index (χ0v) is 14.7. The molecule has 1 aromatic carbocycles. The first-order valence-electron chi connectivity index (χ1n) is 9.42. The minimum Gasteiger partial charge on any atom is -0.380 e. The molecule has 2 fully saturated rings. The molecular weight excluding hydrogens is 314 g/mol. The van der Waals surface area contributed by atoms with E-state index in [4.69, 9.17) is 4.74 Å². The van der Waals surface area contributed by atoms with Gasteiger partial charge in [-0.25, -0.2) is 0 Å². The number of carbonyl (C=O) groups excluding carboxylic acids is 1. The summed E-state index contributed by atoms with van der Waals surface area (Å²) >= 11 is 0. The molecule has 2 saturated heterocycles. The van der Waals surface area contributed by atoms with Crippen molar-refractivity contribution in [3.63, 3.8) is 0 Å². The summed E-state index contributed by atoms with van der Waals surface area (Å²) in [6.45, 7) is 5.70. The van der Waals surface area contributed by atoms with E-state index in [1.807, 2.05) is 11.1 Å². The molecule has 1 atom stereocenters. The maximum absolute atomic E-state index is 12.4. The molecule has 0 radical (unpaired) electrons. The molecule has 1 amide bonds. The third-order valence-corrected chi connectivity index (χ3v) is 5.38. The predicted octanol–water partition coefficient (Wildman–Crippen LogP) is 2.28. The second kappa shape index (κ2) is 7.58. The Morgan fingerprint density at radius 1 is 1.20 bits per heavy atom. The molecule has 25 heavy (non-hydrogen) atoms. The Morgan fingerprint density at radius 3 is 2.96 bits per heavy atom. The number of hydrogen-bond acceptors (Lipinski definition) is 3. The van der Waals surface area contributed by atoms with Gasteiger partial charge in [0.25, 0.3) is 0 Å². The van der Waals surface area contributed by atoms with Gasteiger partial charge in [0.2, 0.25) is 5.91 Å². The second-order valence-corrected chi connectivity index (χ2v) is 7.37. The van der Waals surface area contributed by atoms with Crippen LogP contribution in [0.5, 0.6) is 0 Å². The van der Waals surface area contributed by atoms with Crippen LogP contribution in [0, 0.1) is 5.92 Å². The molecule has 5 heteroatoms. The maximum Gasteiger partial charge on any atom is 0.236 e. The number of nitrogens with one attached hydrogen (secondary N) is 1. The Balaban J connectivity index is 1.38. The number of rotatable bonds is 4. The lowest BCUT2D eigenvalue weighted by atomic mass is 9.98. The first-order valence-corrected chi connectivity index (χ1v) is 9.42. The van der Waals surface area contributed by atoms with Crippen molar-refractivity contribution in [1.82, 2.24) is 14.8 Å². The zero-order chi connectivity index (χ0) is 17.1. The predicted molar refractivity (Wildman–Crippen MR) is 98.6 cm³/mol. The fourth-order valence-corrected chi connectivity index (χ4v) is 4.04. The number of carbonyl (C=O) groups is 1. The Kier molecular flexibility index (Phi) is 5.04. The molecule has 0 bridgehead atoms. The Labute approximate surface area is 148 Å². The number of nitrogens with zero attached hydrogens (tertiary/aromatic N) is 2. The van der Waals surface area contributed by atoms with Gasteiger partial charge in [-0.05, 0) is 54.3 Å². The molecule has 0 saturated carbocycles. The van der Waals surface area contributed by atoms with Crippen molar-refractivity contribution < 1.29 is 9.53 Å². The van der Waals surface area contributed by atoms with Gasteiger partial charge in [0.1, 0.15) is 0 Å². The lowest BCUT2D eigenvalue weighted by molar-refractivity contribution is -0.131. The largest absolute Gasteiger partial charge is 0.380 e. The highest BCUT2D eigenvalue weighted by Gasteiger charge is 2.24. The number of fused-ring (bicyclic) bond motifs is 1. The fourth-order valence-electron chi connectivity index (χ4n) is 4.04. The molecule has 2 aliphatic rings. The van der Waals surface area contributed by atoms with Gasteiger partial charge in [-0.3, -0.25) is 9.69 Å². The number of aromatic amines is 1. The van der Waals surface area contributed by atoms with Crippen LogP contribution >= 0.6 is 0 Å². The molecule has 1 aromatic heterocycles. The van der Waals surface area contributed by atoms with Crippen LogP contribution in [-0.2, 0) is 16.0 Å². The number of ether oxygens (including phenoxy) is 1. The number of aromatic nitrogens is 1. The van der Waals surface area contributed by atoms with Crippen molar-refractivity contribution in [2.45, 2.75) is 19.3 Å². The summed E-state index contributed by atoms with van der Waals surface area (Å²) in [4.78, 5) is 20.0. The summed E-state index contributed by atoms with van der Waals surface area (Å²) in [7, 11) is 0. The average Bonchev–Trinajstić information content (AvgIpc) is 3.25. The fraction of sp³-hybridized carbons (Fsp3) is 0.550. The number of likely N-dealkylation sites (tertiary alicyclic amines) is 1. The van der Waals surface area contributed by atoms with Gasteiger partial charge < -0.3 is 14.6 Å². The lowest BCUT2D eigenvalue weighted by Crippen LogP contribution is -2.41. The molecule has 1 N–H and O–H groups in total. The van der Waals surface area contributed by atoms with Crippen LogP contribution in [0.2, 0.25) is 0 Å². The van der Waals surface area contributed by atoms with E-state index in [-0.39, 0.29) is 5.91 Å². The molecule has 2 aromatic rings. The van der Waals surface area contributed by atoms with E-state index in [2.05, 4.69) is 34.1 Å². The van der Waals surface area contributed by atoms with Gasteiger partial charge in [0, 0.05) is 37.9 Å². The first kappa shape index (κ1) is 16.6. The Hall–Kier alpha value is -1.85. The number of H-pyrrole nitrogens is 1. The molecular formula is C20H27N3O2. The third-order valence-electron chi connectivity index (χ3n) is 5.38. The quantitative estimate of drug-likeness (QED) is 0.928. The average molecular weight is 341 g/mol. The van der Waals surface area contributed by atoms with Crippen LogP contribution in [0.3, 0.4) is 0 Å². The SMILES string of the molecule is O=C(CN1CCOCC(Cc2ccc3[nH]ccc3c2)C1)N1CCCC1. The van der Waals surface area contributed by atoms with Crippen molar-refractivity contribution in [2.24, 2.45) is 5.92 Å². The number of amides is 1. The van der Waals surface area contributed by atoms with E-state index < -0.39 is 0 Å². The summed E-state index contributed by atoms with van der Waals surface area (Å²) in [5, 5.41) is 1.26. The van der Waals surface area contributed by atoms with Gasteiger partial charge in [-0.1, -0.05) is 6.07 Å². The summed E-state index contributed by atoms with van der Waals surface area (Å²) in [6, 6.07) is 8.72. The Bertz CT molecular complexity index is 721. The minimum absolute atomic E-state index is 0.284. The van der Waals surface area contributed by atoms with Crippen LogP contribution in [0.25, 0.3) is 10.9 Å². The van der Waals surface area contributed by atoms with Crippen LogP contribution < -0.4 is 0 Å². The Morgan fingerprint density at radius 2 is 2.08 bits per heavy atom. The summed E-state index contributed by atoms with van der Waals surface area (Å²) < 4.78 is 5.82. The van der Waals surface area contributed by atoms with E-state index in [9.17, 15) is 4.79 Å². The van der Waals surface area contributed by atoms with E-state index in [0.29, 0.717) is 12.5 Å². The van der Waals surface area contributed by atoms with E-state index in [1.165, 1.54) is 16.5 Å². The standard InChI is InChI=1S/C20H27N3O2/c24-20(23-7-1-2-8-23)14-22-9-10-25-15-17(13-22)11-16-3-4-19-18(12-16)5-6-21-19/h3-6,12,17,21H,1-2,7-11,13-15H2. The number of hydrogen-bond donors (Lipinski definition) is 1. The van der Waals surface area contributed by atoms with Crippen molar-refractivity contribution >= 4 is 16.8 Å². The molecule has 0 spiro atoms. The first-order chi connectivity index (χ1) is 12.3. The highest BCUT2D eigenvalue weighted by Crippen LogP contribution is 2.19. The van der Waals surface area contributed by atoms with Crippen molar-refractivity contribution in [3.05, 3.63) is 36.0 Å². The maximum atomic E-state index is 12.4. The van der Waals surface area contributed by atoms with Gasteiger partial charge in [0.05, 0.1) is 19.8 Å². The van der Waals surface area contributed by atoms with Crippen molar-refractivity contribution in [2.75, 3.05) is 45.9 Å². The number of benzene rings is 1. The van der Waals surface area contributed by atoms with Gasteiger partial charge in [0.15, 0.2) is 0 Å². The topological polar surface area (TPSA) is 48.6 Å². The molecule has 2 aliphatic heterocycles. The molecule has 0 aliphatic carbocycles. The van der Waals surface area contributed by atoms with Crippen LogP contribution in [0.4, 0.5) is 0 Å².